The van der Waals surface area contributed by atoms with Crippen LogP contribution < -0.4 is 10.6 Å². The highest BCUT2D eigenvalue weighted by molar-refractivity contribution is 7.16. The molecule has 2 N–H and O–H groups in total. The molecule has 1 aliphatic heterocycles. The van der Waals surface area contributed by atoms with Gasteiger partial charge in [-0.05, 0) is 37.5 Å². The fourth-order valence-electron chi connectivity index (χ4n) is 3.07. The molecule has 0 saturated carbocycles. The number of urea groups is 1. The molecule has 1 aromatic carbocycles. The van der Waals surface area contributed by atoms with Crippen LogP contribution in [-0.4, -0.2) is 36.6 Å². The predicted molar refractivity (Wildman–Crippen MR) is 104 cm³/mol. The number of thiophene rings is 1. The molecule has 6 heteroatoms. The largest absolute Gasteiger partial charge is 0.338 e. The zero-order valence-electron chi connectivity index (χ0n) is 14.4. The Bertz CT molecular complexity index is 701. The van der Waals surface area contributed by atoms with Gasteiger partial charge in [-0.3, -0.25) is 4.90 Å². The zero-order chi connectivity index (χ0) is 17.6. The molecule has 1 aromatic heterocycles. The van der Waals surface area contributed by atoms with Gasteiger partial charge in [0.1, 0.15) is 0 Å². The molecule has 2 heterocycles. The van der Waals surface area contributed by atoms with Crippen LogP contribution >= 0.6 is 22.9 Å². The molecule has 134 valence electrons. The Morgan fingerprint density at radius 3 is 2.80 bits per heavy atom. The minimum atomic E-state index is -0.0789. The van der Waals surface area contributed by atoms with Crippen LogP contribution in [0.1, 0.15) is 22.4 Å². The zero-order valence-corrected chi connectivity index (χ0v) is 16.0. The van der Waals surface area contributed by atoms with Crippen molar-refractivity contribution in [1.82, 2.24) is 15.5 Å². The van der Waals surface area contributed by atoms with Gasteiger partial charge in [-0.25, -0.2) is 4.79 Å². The highest BCUT2D eigenvalue weighted by Crippen LogP contribution is 2.21. The number of aryl methyl sites for hydroxylation is 1. The molecule has 0 spiro atoms. The predicted octanol–water partition coefficient (Wildman–Crippen LogP) is 3.83. The van der Waals surface area contributed by atoms with Gasteiger partial charge < -0.3 is 10.6 Å². The van der Waals surface area contributed by atoms with E-state index in [1.165, 1.54) is 16.0 Å². The van der Waals surface area contributed by atoms with Crippen molar-refractivity contribution < 1.29 is 4.79 Å². The number of amides is 2. The number of likely N-dealkylation sites (tertiary alicyclic amines) is 1. The van der Waals surface area contributed by atoms with Gasteiger partial charge in [0.05, 0.1) is 4.34 Å². The van der Waals surface area contributed by atoms with E-state index in [1.807, 2.05) is 12.1 Å². The van der Waals surface area contributed by atoms with Crippen molar-refractivity contribution in [3.63, 3.8) is 0 Å². The molecule has 2 aromatic rings. The molecule has 1 unspecified atom stereocenters. The summed E-state index contributed by atoms with van der Waals surface area (Å²) in [5, 5.41) is 6.01. The van der Waals surface area contributed by atoms with Gasteiger partial charge in [-0.1, -0.05) is 41.4 Å². The van der Waals surface area contributed by atoms with Crippen molar-refractivity contribution in [2.75, 3.05) is 19.6 Å². The highest BCUT2D eigenvalue weighted by Gasteiger charge is 2.23. The Labute approximate surface area is 158 Å². The second-order valence-corrected chi connectivity index (χ2v) is 8.36. The molecular formula is C19H24ClN3OS. The topological polar surface area (TPSA) is 44.4 Å². The third-order valence-electron chi connectivity index (χ3n) is 4.42. The first-order valence-corrected chi connectivity index (χ1v) is 9.84. The van der Waals surface area contributed by atoms with E-state index in [0.29, 0.717) is 6.54 Å². The lowest BCUT2D eigenvalue weighted by molar-refractivity contribution is 0.236. The monoisotopic (exact) mass is 377 g/mol. The fourth-order valence-corrected chi connectivity index (χ4v) is 4.15. The smallest absolute Gasteiger partial charge is 0.315 e. The van der Waals surface area contributed by atoms with Gasteiger partial charge in [0.2, 0.25) is 0 Å². The third-order valence-corrected chi connectivity index (χ3v) is 5.71. The summed E-state index contributed by atoms with van der Waals surface area (Å²) in [5.74, 6) is 0. The summed E-state index contributed by atoms with van der Waals surface area (Å²) in [6.07, 6.45) is 1.81. The number of halogens is 1. The standard InChI is InChI=1S/C19H24ClN3OS/c1-14-2-4-15(5-3-14)12-23-11-9-16(13-23)22-19(24)21-10-8-17-6-7-18(20)25-17/h2-7,16H,8-13H2,1H3,(H2,21,22,24). The number of hydrogen-bond donors (Lipinski definition) is 2. The fraction of sp³-hybridized carbons (Fsp3) is 0.421. The van der Waals surface area contributed by atoms with Crippen molar-refractivity contribution >= 4 is 29.0 Å². The summed E-state index contributed by atoms with van der Waals surface area (Å²) < 4.78 is 0.791. The van der Waals surface area contributed by atoms with Crippen molar-refractivity contribution in [2.45, 2.75) is 32.4 Å². The molecule has 1 atom stereocenters. The molecule has 0 aliphatic carbocycles. The second kappa shape index (κ2) is 8.70. The second-order valence-electron chi connectivity index (χ2n) is 6.56. The molecule has 1 aliphatic rings. The first kappa shape index (κ1) is 18.2. The maximum absolute atomic E-state index is 12.0. The van der Waals surface area contributed by atoms with Gasteiger partial charge in [0.15, 0.2) is 0 Å². The van der Waals surface area contributed by atoms with Crippen molar-refractivity contribution in [3.8, 4) is 0 Å². The van der Waals surface area contributed by atoms with Gasteiger partial charge in [0.25, 0.3) is 0 Å². The van der Waals surface area contributed by atoms with Gasteiger partial charge in [0, 0.05) is 37.1 Å². The van der Waals surface area contributed by atoms with Crippen LogP contribution in [0, 0.1) is 6.92 Å². The van der Waals surface area contributed by atoms with E-state index in [9.17, 15) is 4.79 Å². The van der Waals surface area contributed by atoms with Crippen LogP contribution in [0.2, 0.25) is 4.34 Å². The minimum Gasteiger partial charge on any atom is -0.338 e. The van der Waals surface area contributed by atoms with E-state index in [1.54, 1.807) is 11.3 Å². The summed E-state index contributed by atoms with van der Waals surface area (Å²) >= 11 is 7.47. The van der Waals surface area contributed by atoms with E-state index in [0.717, 1.165) is 36.8 Å². The maximum Gasteiger partial charge on any atom is 0.315 e. The molecule has 1 saturated heterocycles. The first-order chi connectivity index (χ1) is 12.1. The van der Waals surface area contributed by atoms with Crippen molar-refractivity contribution in [2.24, 2.45) is 0 Å². The number of nitrogens with zero attached hydrogens (tertiary/aromatic N) is 1. The Morgan fingerprint density at radius 2 is 2.08 bits per heavy atom. The number of benzene rings is 1. The van der Waals surface area contributed by atoms with Gasteiger partial charge >= 0.3 is 6.03 Å². The van der Waals surface area contributed by atoms with Crippen molar-refractivity contribution in [1.29, 1.82) is 0 Å². The van der Waals surface area contributed by atoms with Gasteiger partial charge in [-0.2, -0.15) is 0 Å². The van der Waals surface area contributed by atoms with E-state index >= 15 is 0 Å². The van der Waals surface area contributed by atoms with E-state index in [2.05, 4.69) is 46.7 Å². The Morgan fingerprint density at radius 1 is 1.28 bits per heavy atom. The van der Waals surface area contributed by atoms with E-state index in [4.69, 9.17) is 11.6 Å². The Hall–Kier alpha value is -1.56. The summed E-state index contributed by atoms with van der Waals surface area (Å²) in [6.45, 7) is 5.60. The highest BCUT2D eigenvalue weighted by atomic mass is 35.5. The third kappa shape index (κ3) is 5.73. The quantitative estimate of drug-likeness (QED) is 0.803. The van der Waals surface area contributed by atoms with Crippen molar-refractivity contribution in [3.05, 3.63) is 56.7 Å². The van der Waals surface area contributed by atoms with E-state index < -0.39 is 0 Å². The van der Waals surface area contributed by atoms with Crippen LogP contribution in [0.25, 0.3) is 0 Å². The lowest BCUT2D eigenvalue weighted by atomic mass is 10.1. The van der Waals surface area contributed by atoms with Gasteiger partial charge in [-0.15, -0.1) is 11.3 Å². The average molecular weight is 378 g/mol. The van der Waals surface area contributed by atoms with Crippen LogP contribution in [0.4, 0.5) is 4.79 Å². The summed E-state index contributed by atoms with van der Waals surface area (Å²) in [4.78, 5) is 15.6. The molecule has 0 radical (unpaired) electrons. The molecule has 2 amide bonds. The lowest BCUT2D eigenvalue weighted by Gasteiger charge is -2.17. The maximum atomic E-state index is 12.0. The number of nitrogens with one attached hydrogen (secondary N) is 2. The molecule has 4 nitrogen and oxygen atoms in total. The number of carbonyl (C=O) groups is 1. The molecule has 25 heavy (non-hydrogen) atoms. The molecule has 3 rings (SSSR count). The summed E-state index contributed by atoms with van der Waals surface area (Å²) in [5.41, 5.74) is 2.61. The van der Waals surface area contributed by atoms with E-state index in [-0.39, 0.29) is 12.1 Å². The molecule has 0 bridgehead atoms. The van der Waals surface area contributed by atoms with Crippen LogP contribution in [-0.2, 0) is 13.0 Å². The molecular weight excluding hydrogens is 354 g/mol. The number of carbonyl (C=O) groups excluding carboxylic acids is 1. The first-order valence-electron chi connectivity index (χ1n) is 8.65. The minimum absolute atomic E-state index is 0.0789. The normalized spacial score (nSPS) is 17.6. The molecule has 1 fully saturated rings. The lowest BCUT2D eigenvalue weighted by Crippen LogP contribution is -2.43. The Balaban J connectivity index is 1.35. The van der Waals surface area contributed by atoms with Crippen LogP contribution in [0.5, 0.6) is 0 Å². The number of hydrogen-bond acceptors (Lipinski definition) is 3. The summed E-state index contributed by atoms with van der Waals surface area (Å²) in [7, 11) is 0. The van der Waals surface area contributed by atoms with Crippen LogP contribution in [0.15, 0.2) is 36.4 Å². The van der Waals surface area contributed by atoms with Crippen LogP contribution in [0.3, 0.4) is 0 Å². The SMILES string of the molecule is Cc1ccc(CN2CCC(NC(=O)NCCc3ccc(Cl)s3)C2)cc1. The summed E-state index contributed by atoms with van der Waals surface area (Å²) in [6, 6.07) is 12.7. The average Bonchev–Trinajstić information content (AvgIpc) is 3.19. The Kier molecular flexibility index (Phi) is 6.34. The number of rotatable bonds is 6.